The van der Waals surface area contributed by atoms with Gasteiger partial charge in [-0.3, -0.25) is 4.79 Å². The molecule has 1 aliphatic heterocycles. The Balaban J connectivity index is 1.59. The first-order valence-electron chi connectivity index (χ1n) is 8.82. The first kappa shape index (κ1) is 22.8. The smallest absolute Gasteiger partial charge is 0.416 e. The molecule has 2 aromatic carbocycles. The number of amides is 1. The van der Waals surface area contributed by atoms with E-state index < -0.39 is 17.6 Å². The third kappa shape index (κ3) is 4.99. The summed E-state index contributed by atoms with van der Waals surface area (Å²) in [5.74, 6) is 0.347. The maximum absolute atomic E-state index is 12.9. The number of furan rings is 1. The van der Waals surface area contributed by atoms with Gasteiger partial charge in [0.25, 0.3) is 5.91 Å². The summed E-state index contributed by atoms with van der Waals surface area (Å²) in [6.07, 6.45) is -3.06. The largest absolute Gasteiger partial charge is 0.457 e. The van der Waals surface area contributed by atoms with Crippen LogP contribution in [0.1, 0.15) is 11.3 Å². The van der Waals surface area contributed by atoms with Crippen LogP contribution >= 0.6 is 46.6 Å². The fourth-order valence-electron chi connectivity index (χ4n) is 2.76. The zero-order valence-corrected chi connectivity index (χ0v) is 18.7. The Bertz CT molecular complexity index is 1290. The molecule has 1 saturated heterocycles. The quantitative estimate of drug-likeness (QED) is 0.360. The summed E-state index contributed by atoms with van der Waals surface area (Å²) in [6.45, 7) is 0. The highest BCUT2D eigenvalue weighted by Gasteiger charge is 2.31. The normalized spacial score (nSPS) is 16.8. The number of alkyl halides is 3. The van der Waals surface area contributed by atoms with Gasteiger partial charge in [-0.25, -0.2) is 4.99 Å². The van der Waals surface area contributed by atoms with E-state index in [1.54, 1.807) is 30.3 Å². The van der Waals surface area contributed by atoms with Gasteiger partial charge in [-0.1, -0.05) is 34.8 Å². The highest BCUT2D eigenvalue weighted by molar-refractivity contribution is 8.18. The van der Waals surface area contributed by atoms with Crippen LogP contribution in [0.3, 0.4) is 0 Å². The summed E-state index contributed by atoms with van der Waals surface area (Å²) >= 11 is 19.1. The maximum atomic E-state index is 12.9. The molecule has 4 rings (SSSR count). The van der Waals surface area contributed by atoms with Crippen LogP contribution in [0.15, 0.2) is 62.8 Å². The molecule has 2 heterocycles. The van der Waals surface area contributed by atoms with Crippen LogP contribution < -0.4 is 5.32 Å². The van der Waals surface area contributed by atoms with Gasteiger partial charge in [0.1, 0.15) is 11.5 Å². The minimum absolute atomic E-state index is 0.0202. The molecule has 0 atom stereocenters. The van der Waals surface area contributed by atoms with Gasteiger partial charge in [0, 0.05) is 16.7 Å². The Kier molecular flexibility index (Phi) is 6.31. The highest BCUT2D eigenvalue weighted by Crippen LogP contribution is 2.37. The van der Waals surface area contributed by atoms with E-state index in [4.69, 9.17) is 39.2 Å². The molecular weight excluding hydrogens is 508 g/mol. The number of halogens is 6. The summed E-state index contributed by atoms with van der Waals surface area (Å²) in [7, 11) is 0. The van der Waals surface area contributed by atoms with Crippen molar-refractivity contribution < 1.29 is 22.4 Å². The molecule has 4 nitrogen and oxygen atoms in total. The second-order valence-corrected chi connectivity index (χ2v) is 8.75. The number of carbonyl (C=O) groups excluding carboxylic acids is 1. The number of aliphatic imine (C=N–C) groups is 1. The first-order valence-corrected chi connectivity index (χ1v) is 10.8. The zero-order chi connectivity index (χ0) is 23.0. The van der Waals surface area contributed by atoms with Crippen LogP contribution in [0, 0.1) is 0 Å². The molecule has 3 aromatic rings. The maximum Gasteiger partial charge on any atom is 0.416 e. The topological polar surface area (TPSA) is 54.6 Å². The summed E-state index contributed by atoms with van der Waals surface area (Å²) in [5.41, 5.74) is -0.413. The van der Waals surface area contributed by atoms with Gasteiger partial charge in [0.05, 0.1) is 26.2 Å². The van der Waals surface area contributed by atoms with Crippen LogP contribution in [0.25, 0.3) is 17.4 Å². The summed E-state index contributed by atoms with van der Waals surface area (Å²) in [5, 5.41) is 3.54. The number of hydrogen-bond donors (Lipinski definition) is 1. The van der Waals surface area contributed by atoms with Crippen LogP contribution in [0.5, 0.6) is 0 Å². The second kappa shape index (κ2) is 8.86. The van der Waals surface area contributed by atoms with E-state index in [-0.39, 0.29) is 20.8 Å². The molecule has 164 valence electrons. The lowest BCUT2D eigenvalue weighted by Gasteiger charge is -2.08. The summed E-state index contributed by atoms with van der Waals surface area (Å²) < 4.78 is 44.6. The molecule has 0 spiro atoms. The average Bonchev–Trinajstić information content (AvgIpc) is 3.31. The Labute approximate surface area is 199 Å². The standard InChI is InChI=1S/C21H10Cl3F3N2O2S/c22-11-2-5-14(23)13(8-11)17-6-3-12(31-17)9-18-19(30)29-20(32-18)28-16-7-10(21(25,26)27)1-4-15(16)24/h1-9H,(H,28,29,30). The summed E-state index contributed by atoms with van der Waals surface area (Å²) in [6, 6.07) is 11.0. The van der Waals surface area contributed by atoms with E-state index in [1.807, 2.05) is 0 Å². The van der Waals surface area contributed by atoms with Crippen LogP contribution in [-0.2, 0) is 11.0 Å². The zero-order valence-electron chi connectivity index (χ0n) is 15.6. The predicted octanol–water partition coefficient (Wildman–Crippen LogP) is 7.82. The molecule has 0 radical (unpaired) electrons. The van der Waals surface area contributed by atoms with Crippen molar-refractivity contribution in [3.05, 3.63) is 79.8 Å². The SMILES string of the molecule is O=C1NC(=Nc2cc(C(F)(F)F)ccc2Cl)SC1=Cc1ccc(-c2cc(Cl)ccc2Cl)o1. The number of benzene rings is 2. The van der Waals surface area contributed by atoms with Crippen molar-refractivity contribution in [2.24, 2.45) is 4.99 Å². The van der Waals surface area contributed by atoms with Crippen LogP contribution in [0.2, 0.25) is 15.1 Å². The predicted molar refractivity (Wildman–Crippen MR) is 121 cm³/mol. The molecule has 1 fully saturated rings. The third-order valence-corrected chi connectivity index (χ3v) is 6.03. The first-order chi connectivity index (χ1) is 15.1. The van der Waals surface area contributed by atoms with Crippen LogP contribution in [-0.4, -0.2) is 11.1 Å². The molecule has 1 N–H and O–H groups in total. The van der Waals surface area contributed by atoms with E-state index in [0.29, 0.717) is 27.1 Å². The number of rotatable bonds is 3. The number of carbonyl (C=O) groups is 1. The van der Waals surface area contributed by atoms with Gasteiger partial charge in [0.15, 0.2) is 5.17 Å². The Morgan fingerprint density at radius 2 is 1.75 bits per heavy atom. The van der Waals surface area contributed by atoms with Gasteiger partial charge in [0.2, 0.25) is 0 Å². The van der Waals surface area contributed by atoms with Crippen molar-refractivity contribution in [2.45, 2.75) is 6.18 Å². The molecule has 1 aromatic heterocycles. The van der Waals surface area contributed by atoms with E-state index >= 15 is 0 Å². The number of nitrogens with one attached hydrogen (secondary N) is 1. The van der Waals surface area contributed by atoms with E-state index in [9.17, 15) is 18.0 Å². The van der Waals surface area contributed by atoms with Gasteiger partial charge in [-0.15, -0.1) is 0 Å². The Morgan fingerprint density at radius 1 is 1.00 bits per heavy atom. The van der Waals surface area contributed by atoms with Gasteiger partial charge < -0.3 is 9.73 Å². The minimum atomic E-state index is -4.54. The molecule has 32 heavy (non-hydrogen) atoms. The van der Waals surface area contributed by atoms with Crippen LogP contribution in [0.4, 0.5) is 18.9 Å². The number of thioether (sulfide) groups is 1. The third-order valence-electron chi connectivity index (χ3n) is 4.24. The van der Waals surface area contributed by atoms with Gasteiger partial charge >= 0.3 is 6.18 Å². The van der Waals surface area contributed by atoms with Gasteiger partial charge in [-0.2, -0.15) is 13.2 Å². The average molecular weight is 518 g/mol. The van der Waals surface area contributed by atoms with E-state index in [0.717, 1.165) is 30.0 Å². The van der Waals surface area contributed by atoms with Crippen molar-refractivity contribution in [2.75, 3.05) is 0 Å². The lowest BCUT2D eigenvalue weighted by Crippen LogP contribution is -2.19. The fraction of sp³-hybridized carbons (Fsp3) is 0.0476. The molecule has 0 saturated carbocycles. The fourth-order valence-corrected chi connectivity index (χ4v) is 4.11. The minimum Gasteiger partial charge on any atom is -0.457 e. The van der Waals surface area contributed by atoms with Crippen molar-refractivity contribution in [1.82, 2.24) is 5.32 Å². The van der Waals surface area contributed by atoms with Crippen molar-refractivity contribution in [1.29, 1.82) is 0 Å². The van der Waals surface area contributed by atoms with Crippen molar-refractivity contribution in [3.63, 3.8) is 0 Å². The second-order valence-electron chi connectivity index (χ2n) is 6.47. The van der Waals surface area contributed by atoms with E-state index in [2.05, 4.69) is 10.3 Å². The molecule has 0 aliphatic carbocycles. The van der Waals surface area contributed by atoms with Crippen molar-refractivity contribution in [3.8, 4) is 11.3 Å². The Hall–Kier alpha value is -2.39. The monoisotopic (exact) mass is 516 g/mol. The van der Waals surface area contributed by atoms with Crippen molar-refractivity contribution >= 4 is 69.4 Å². The molecule has 1 amide bonds. The number of nitrogens with zero attached hydrogens (tertiary/aromatic N) is 1. The number of hydrogen-bond acceptors (Lipinski definition) is 4. The van der Waals surface area contributed by atoms with E-state index in [1.165, 1.54) is 6.08 Å². The lowest BCUT2D eigenvalue weighted by atomic mass is 10.2. The molecule has 0 bridgehead atoms. The lowest BCUT2D eigenvalue weighted by molar-refractivity contribution is -0.137. The highest BCUT2D eigenvalue weighted by atomic mass is 35.5. The molecular formula is C21H10Cl3F3N2O2S. The number of amidine groups is 1. The van der Waals surface area contributed by atoms with Gasteiger partial charge in [-0.05, 0) is 60.3 Å². The molecule has 1 aliphatic rings. The molecule has 0 unspecified atom stereocenters. The molecule has 11 heteroatoms. The Morgan fingerprint density at radius 3 is 2.50 bits per heavy atom. The summed E-state index contributed by atoms with van der Waals surface area (Å²) in [4.78, 5) is 16.6.